The number of anilines is 1. The van der Waals surface area contributed by atoms with E-state index in [0.717, 1.165) is 9.65 Å². The van der Waals surface area contributed by atoms with Crippen LogP contribution in [0.1, 0.15) is 0 Å². The molecule has 0 amide bonds. The summed E-state index contributed by atoms with van der Waals surface area (Å²) in [7, 11) is 2.45. The highest BCUT2D eigenvalue weighted by Crippen LogP contribution is 2.23. The number of carbonyl (C=O) groups excluding carboxylic acids is 2. The van der Waals surface area contributed by atoms with Gasteiger partial charge in [0, 0.05) is 8.59 Å². The van der Waals surface area contributed by atoms with Gasteiger partial charge in [0.05, 0.1) is 26.0 Å². The van der Waals surface area contributed by atoms with Gasteiger partial charge < -0.3 is 14.8 Å². The average molecular weight is 396 g/mol. The summed E-state index contributed by atoms with van der Waals surface area (Å²) in [4.78, 5) is 22.8. The summed E-state index contributed by atoms with van der Waals surface area (Å²) in [6.45, 7) is 0. The fourth-order valence-corrected chi connectivity index (χ4v) is 2.18. The molecule has 0 bridgehead atoms. The van der Waals surface area contributed by atoms with Crippen LogP contribution in [0.4, 0.5) is 5.69 Å². The van der Waals surface area contributed by atoms with Gasteiger partial charge in [0.15, 0.2) is 0 Å². The van der Waals surface area contributed by atoms with Gasteiger partial charge in [-0.25, -0.2) is 9.59 Å². The van der Waals surface area contributed by atoms with E-state index in [9.17, 15) is 9.59 Å². The normalized spacial score (nSPS) is 10.8. The molecular formula is C12H11ClINO4. The third-order valence-corrected chi connectivity index (χ3v) is 3.20. The van der Waals surface area contributed by atoms with Gasteiger partial charge in [0.25, 0.3) is 0 Å². The molecule has 0 saturated carbocycles. The predicted octanol–water partition coefficient (Wildman–Crippen LogP) is 2.59. The zero-order chi connectivity index (χ0) is 14.4. The van der Waals surface area contributed by atoms with Gasteiger partial charge in [0.2, 0.25) is 0 Å². The van der Waals surface area contributed by atoms with Gasteiger partial charge in [-0.3, -0.25) is 0 Å². The van der Waals surface area contributed by atoms with Crippen LogP contribution in [-0.2, 0) is 19.1 Å². The maximum Gasteiger partial charge on any atom is 0.354 e. The van der Waals surface area contributed by atoms with E-state index in [-0.39, 0.29) is 5.70 Å². The summed E-state index contributed by atoms with van der Waals surface area (Å²) in [6, 6.07) is 5.08. The van der Waals surface area contributed by atoms with Gasteiger partial charge >= 0.3 is 11.9 Å². The van der Waals surface area contributed by atoms with Crippen molar-refractivity contribution in [2.75, 3.05) is 19.5 Å². The lowest BCUT2D eigenvalue weighted by molar-refractivity contribution is -0.138. The molecule has 0 aliphatic rings. The number of hydrogen-bond donors (Lipinski definition) is 1. The second-order valence-electron chi connectivity index (χ2n) is 3.32. The standard InChI is InChI=1S/C12H11ClINO4/c1-18-11(16)6-10(12(17)19-2)15-9-4-3-7(13)5-8(9)14/h3-6,15H,1-2H3/b10-6+. The molecule has 19 heavy (non-hydrogen) atoms. The number of rotatable bonds is 4. The third kappa shape index (κ3) is 4.71. The minimum Gasteiger partial charge on any atom is -0.466 e. The third-order valence-electron chi connectivity index (χ3n) is 2.07. The van der Waals surface area contributed by atoms with Crippen molar-refractivity contribution in [3.05, 3.63) is 38.6 Å². The van der Waals surface area contributed by atoms with E-state index in [0.29, 0.717) is 10.7 Å². The predicted molar refractivity (Wildman–Crippen MR) is 79.9 cm³/mol. The molecule has 0 aliphatic heterocycles. The molecular weight excluding hydrogens is 384 g/mol. The average Bonchev–Trinajstić information content (AvgIpc) is 2.39. The SMILES string of the molecule is COC(=O)/C=C(/Nc1ccc(Cl)cc1I)C(=O)OC. The van der Waals surface area contributed by atoms with Crippen LogP contribution < -0.4 is 5.32 Å². The van der Waals surface area contributed by atoms with E-state index in [1.807, 2.05) is 0 Å². The van der Waals surface area contributed by atoms with Crippen molar-refractivity contribution < 1.29 is 19.1 Å². The highest BCUT2D eigenvalue weighted by atomic mass is 127. The van der Waals surface area contributed by atoms with Crippen LogP contribution in [0.15, 0.2) is 30.0 Å². The second-order valence-corrected chi connectivity index (χ2v) is 4.92. The molecule has 0 aliphatic carbocycles. The number of ether oxygens (including phenoxy) is 2. The van der Waals surface area contributed by atoms with E-state index in [1.165, 1.54) is 14.2 Å². The molecule has 0 atom stereocenters. The van der Waals surface area contributed by atoms with Gasteiger partial charge in [0.1, 0.15) is 5.70 Å². The lowest BCUT2D eigenvalue weighted by Crippen LogP contribution is -2.16. The quantitative estimate of drug-likeness (QED) is 0.482. The van der Waals surface area contributed by atoms with Crippen LogP contribution in [0, 0.1) is 3.57 Å². The minimum absolute atomic E-state index is 0.0189. The lowest BCUT2D eigenvalue weighted by Gasteiger charge is -2.10. The topological polar surface area (TPSA) is 64.6 Å². The Hall–Kier alpha value is -1.28. The zero-order valence-electron chi connectivity index (χ0n) is 10.2. The first kappa shape index (κ1) is 15.8. The second kappa shape index (κ2) is 7.34. The minimum atomic E-state index is -0.670. The van der Waals surface area contributed by atoms with Crippen LogP contribution in [0.5, 0.6) is 0 Å². The van der Waals surface area contributed by atoms with E-state index in [2.05, 4.69) is 37.4 Å². The van der Waals surface area contributed by atoms with Crippen LogP contribution in [0.25, 0.3) is 0 Å². The number of hydrogen-bond acceptors (Lipinski definition) is 5. The molecule has 1 aromatic rings. The first-order valence-electron chi connectivity index (χ1n) is 5.08. The highest BCUT2D eigenvalue weighted by molar-refractivity contribution is 14.1. The van der Waals surface area contributed by atoms with Gasteiger partial charge in [-0.2, -0.15) is 0 Å². The van der Waals surface area contributed by atoms with Crippen molar-refractivity contribution in [3.8, 4) is 0 Å². The molecule has 0 fully saturated rings. The molecule has 0 unspecified atom stereocenters. The zero-order valence-corrected chi connectivity index (χ0v) is 13.1. The van der Waals surface area contributed by atoms with Crippen molar-refractivity contribution in [2.45, 2.75) is 0 Å². The Labute approximate surface area is 129 Å². The monoisotopic (exact) mass is 395 g/mol. The molecule has 102 valence electrons. The van der Waals surface area contributed by atoms with Gasteiger partial charge in [-0.05, 0) is 40.8 Å². The molecule has 0 aromatic heterocycles. The number of methoxy groups -OCH3 is 2. The van der Waals surface area contributed by atoms with Crippen LogP contribution >= 0.6 is 34.2 Å². The summed E-state index contributed by atoms with van der Waals surface area (Å²) >= 11 is 7.89. The molecule has 5 nitrogen and oxygen atoms in total. The molecule has 0 radical (unpaired) electrons. The summed E-state index contributed by atoms with van der Waals surface area (Å²) < 4.78 is 9.86. The van der Waals surface area contributed by atoms with Crippen molar-refractivity contribution in [1.82, 2.24) is 0 Å². The maximum atomic E-state index is 11.6. The largest absolute Gasteiger partial charge is 0.466 e. The van der Waals surface area contributed by atoms with Gasteiger partial charge in [-0.15, -0.1) is 0 Å². The number of halogens is 2. The molecule has 0 spiro atoms. The van der Waals surface area contributed by atoms with Gasteiger partial charge in [-0.1, -0.05) is 11.6 Å². The highest BCUT2D eigenvalue weighted by Gasteiger charge is 2.14. The van der Waals surface area contributed by atoms with Crippen LogP contribution in [0.2, 0.25) is 5.02 Å². The molecule has 1 aromatic carbocycles. The van der Waals surface area contributed by atoms with Crippen LogP contribution in [0.3, 0.4) is 0 Å². The van der Waals surface area contributed by atoms with E-state index < -0.39 is 11.9 Å². The smallest absolute Gasteiger partial charge is 0.354 e. The van der Waals surface area contributed by atoms with Crippen molar-refractivity contribution in [1.29, 1.82) is 0 Å². The Morgan fingerprint density at radius 3 is 2.53 bits per heavy atom. The fraction of sp³-hybridized carbons (Fsp3) is 0.167. The number of carbonyl (C=O) groups is 2. The summed E-state index contributed by atoms with van der Waals surface area (Å²) in [5.74, 6) is -1.33. The van der Waals surface area contributed by atoms with Crippen molar-refractivity contribution >= 4 is 51.8 Å². The molecule has 7 heteroatoms. The lowest BCUT2D eigenvalue weighted by atomic mass is 10.3. The fourth-order valence-electron chi connectivity index (χ4n) is 1.17. The molecule has 0 saturated heterocycles. The summed E-state index contributed by atoms with van der Waals surface area (Å²) in [5, 5.41) is 3.39. The Morgan fingerprint density at radius 1 is 1.32 bits per heavy atom. The van der Waals surface area contributed by atoms with E-state index in [1.54, 1.807) is 18.2 Å². The Bertz CT molecular complexity index is 530. The Balaban J connectivity index is 3.04. The first-order chi connectivity index (χ1) is 8.97. The maximum absolute atomic E-state index is 11.6. The molecule has 1 rings (SSSR count). The molecule has 0 heterocycles. The molecule has 1 N–H and O–H groups in total. The van der Waals surface area contributed by atoms with Crippen molar-refractivity contribution in [2.24, 2.45) is 0 Å². The van der Waals surface area contributed by atoms with Crippen molar-refractivity contribution in [3.63, 3.8) is 0 Å². The first-order valence-corrected chi connectivity index (χ1v) is 6.53. The van der Waals surface area contributed by atoms with E-state index in [4.69, 9.17) is 11.6 Å². The van der Waals surface area contributed by atoms with Crippen LogP contribution in [-0.4, -0.2) is 26.2 Å². The summed E-state index contributed by atoms with van der Waals surface area (Å²) in [5.41, 5.74) is 0.611. The number of esters is 2. The van der Waals surface area contributed by atoms with E-state index >= 15 is 0 Å². The summed E-state index contributed by atoms with van der Waals surface area (Å²) in [6.07, 6.45) is 1.02. The Morgan fingerprint density at radius 2 is 2.00 bits per heavy atom. The number of benzene rings is 1. The number of nitrogens with one attached hydrogen (secondary N) is 1. The Kier molecular flexibility index (Phi) is 6.10.